The lowest BCUT2D eigenvalue weighted by Crippen LogP contribution is -2.32. The van der Waals surface area contributed by atoms with Crippen LogP contribution in [0.4, 0.5) is 5.69 Å². The first-order valence-corrected chi connectivity index (χ1v) is 6.70. The number of carbonyl (C=O) groups excluding carboxylic acids is 1. The zero-order chi connectivity index (χ0) is 15.4. The Hall–Kier alpha value is -2.27. The van der Waals surface area contributed by atoms with Gasteiger partial charge in [0.05, 0.1) is 12.7 Å². The molecule has 1 aromatic carbocycles. The Labute approximate surface area is 126 Å². The molecule has 0 spiro atoms. The van der Waals surface area contributed by atoms with Crippen LogP contribution >= 0.6 is 11.6 Å². The maximum atomic E-state index is 12.4. The van der Waals surface area contributed by atoms with Crippen LogP contribution in [0.3, 0.4) is 0 Å². The van der Waals surface area contributed by atoms with Crippen LogP contribution in [0.15, 0.2) is 41.0 Å². The summed E-state index contributed by atoms with van der Waals surface area (Å²) in [5, 5.41) is 9.35. The predicted octanol–water partition coefficient (Wildman–Crippen LogP) is 3.36. The van der Waals surface area contributed by atoms with E-state index in [9.17, 15) is 9.59 Å². The Bertz CT molecular complexity index is 652. The summed E-state index contributed by atoms with van der Waals surface area (Å²) in [6.07, 6.45) is 1.22. The maximum absolute atomic E-state index is 12.4. The van der Waals surface area contributed by atoms with Crippen molar-refractivity contribution < 1.29 is 19.1 Å². The summed E-state index contributed by atoms with van der Waals surface area (Å²) < 4.78 is 5.09. The van der Waals surface area contributed by atoms with Gasteiger partial charge >= 0.3 is 5.97 Å². The number of anilines is 1. The van der Waals surface area contributed by atoms with Crippen LogP contribution in [0, 0.1) is 6.92 Å². The minimum Gasteiger partial charge on any atom is -0.481 e. The van der Waals surface area contributed by atoms with Gasteiger partial charge < -0.3 is 14.4 Å². The van der Waals surface area contributed by atoms with Crippen molar-refractivity contribution in [1.29, 1.82) is 0 Å². The smallest absolute Gasteiger partial charge is 0.305 e. The summed E-state index contributed by atoms with van der Waals surface area (Å²) in [4.78, 5) is 24.5. The van der Waals surface area contributed by atoms with Crippen molar-refractivity contribution in [3.05, 3.63) is 52.9 Å². The zero-order valence-electron chi connectivity index (χ0n) is 11.4. The highest BCUT2D eigenvalue weighted by Gasteiger charge is 2.21. The number of halogens is 1. The Balaban J connectivity index is 2.32. The van der Waals surface area contributed by atoms with E-state index < -0.39 is 11.9 Å². The molecule has 0 fully saturated rings. The van der Waals surface area contributed by atoms with Crippen LogP contribution in [0.1, 0.15) is 22.5 Å². The fourth-order valence-corrected chi connectivity index (χ4v) is 2.01. The number of benzene rings is 1. The van der Waals surface area contributed by atoms with Gasteiger partial charge in [0, 0.05) is 17.3 Å². The van der Waals surface area contributed by atoms with Gasteiger partial charge in [-0.25, -0.2) is 0 Å². The first-order valence-electron chi connectivity index (χ1n) is 6.32. The van der Waals surface area contributed by atoms with Crippen LogP contribution in [-0.4, -0.2) is 23.5 Å². The number of carboxylic acids is 1. The van der Waals surface area contributed by atoms with Crippen molar-refractivity contribution in [3.63, 3.8) is 0 Å². The second-order valence-electron chi connectivity index (χ2n) is 4.51. The Morgan fingerprint density at radius 3 is 2.67 bits per heavy atom. The molecule has 0 saturated heterocycles. The average Bonchev–Trinajstić information content (AvgIpc) is 2.96. The van der Waals surface area contributed by atoms with Crippen LogP contribution in [0.2, 0.25) is 5.02 Å². The first kappa shape index (κ1) is 15.1. The van der Waals surface area contributed by atoms with Crippen molar-refractivity contribution in [2.24, 2.45) is 0 Å². The molecule has 0 aliphatic carbocycles. The quantitative estimate of drug-likeness (QED) is 0.919. The lowest BCUT2D eigenvalue weighted by Gasteiger charge is -2.21. The Kier molecular flexibility index (Phi) is 4.65. The third-order valence-corrected chi connectivity index (χ3v) is 3.40. The molecule has 0 unspecified atom stereocenters. The van der Waals surface area contributed by atoms with Gasteiger partial charge in [-0.15, -0.1) is 0 Å². The molecule has 1 amide bonds. The van der Waals surface area contributed by atoms with Crippen molar-refractivity contribution in [1.82, 2.24) is 0 Å². The summed E-state index contributed by atoms with van der Waals surface area (Å²) in [7, 11) is 0. The molecule has 110 valence electrons. The number of rotatable bonds is 5. The fourth-order valence-electron chi connectivity index (χ4n) is 1.84. The molecule has 0 saturated carbocycles. The maximum Gasteiger partial charge on any atom is 0.305 e. The number of aliphatic carboxylic acids is 1. The standard InChI is InChI=1S/C15H14ClNO4/c1-10-4-5-11(9-12(10)16)17(7-6-14(18)19)15(20)13-3-2-8-21-13/h2-5,8-9H,6-7H2,1H3,(H,18,19). The lowest BCUT2D eigenvalue weighted by atomic mass is 10.2. The summed E-state index contributed by atoms with van der Waals surface area (Å²) in [6.45, 7) is 1.89. The molecule has 0 radical (unpaired) electrons. The first-order chi connectivity index (χ1) is 9.99. The second kappa shape index (κ2) is 6.45. The molecule has 0 bridgehead atoms. The van der Waals surface area contributed by atoms with E-state index in [0.29, 0.717) is 10.7 Å². The lowest BCUT2D eigenvalue weighted by molar-refractivity contribution is -0.136. The van der Waals surface area contributed by atoms with Gasteiger partial charge in [0.1, 0.15) is 0 Å². The van der Waals surface area contributed by atoms with Gasteiger partial charge in [0.25, 0.3) is 5.91 Å². The third-order valence-electron chi connectivity index (χ3n) is 2.99. The van der Waals surface area contributed by atoms with Gasteiger partial charge in [0.15, 0.2) is 5.76 Å². The molecule has 0 aliphatic heterocycles. The predicted molar refractivity (Wildman–Crippen MR) is 78.8 cm³/mol. The molecule has 21 heavy (non-hydrogen) atoms. The molecule has 0 aliphatic rings. The Morgan fingerprint density at radius 1 is 1.33 bits per heavy atom. The second-order valence-corrected chi connectivity index (χ2v) is 4.92. The van der Waals surface area contributed by atoms with Crippen molar-refractivity contribution in [2.45, 2.75) is 13.3 Å². The summed E-state index contributed by atoms with van der Waals surface area (Å²) in [5.74, 6) is -1.23. The zero-order valence-corrected chi connectivity index (χ0v) is 12.1. The monoisotopic (exact) mass is 307 g/mol. The van der Waals surface area contributed by atoms with Gasteiger partial charge in [-0.3, -0.25) is 9.59 Å². The van der Waals surface area contributed by atoms with E-state index in [2.05, 4.69) is 0 Å². The number of aryl methyl sites for hydroxylation is 1. The number of hydrogen-bond acceptors (Lipinski definition) is 3. The van der Waals surface area contributed by atoms with Gasteiger partial charge in [-0.05, 0) is 36.8 Å². The molecular weight excluding hydrogens is 294 g/mol. The minimum absolute atomic E-state index is 0.0360. The van der Waals surface area contributed by atoms with Gasteiger partial charge in [-0.1, -0.05) is 17.7 Å². The number of furan rings is 1. The van der Waals surface area contributed by atoms with Crippen molar-refractivity contribution in [3.8, 4) is 0 Å². The van der Waals surface area contributed by atoms with Gasteiger partial charge in [0.2, 0.25) is 0 Å². The number of carbonyl (C=O) groups is 2. The van der Waals surface area contributed by atoms with Crippen LogP contribution < -0.4 is 4.90 Å². The molecule has 6 heteroatoms. The normalized spacial score (nSPS) is 10.4. The molecule has 2 aromatic rings. The number of amides is 1. The number of carboxylic acid groups (broad SMARTS) is 1. The van der Waals surface area contributed by atoms with Crippen LogP contribution in [-0.2, 0) is 4.79 Å². The summed E-state index contributed by atoms with van der Waals surface area (Å²) >= 11 is 6.07. The molecule has 1 N–H and O–H groups in total. The topological polar surface area (TPSA) is 70.8 Å². The van der Waals surface area contributed by atoms with E-state index in [-0.39, 0.29) is 18.7 Å². The minimum atomic E-state index is -0.981. The van der Waals surface area contributed by atoms with Crippen molar-refractivity contribution >= 4 is 29.2 Å². The van der Waals surface area contributed by atoms with Crippen LogP contribution in [0.5, 0.6) is 0 Å². The van der Waals surface area contributed by atoms with Crippen molar-refractivity contribution in [2.75, 3.05) is 11.4 Å². The fraction of sp³-hybridized carbons (Fsp3) is 0.200. The summed E-state index contributed by atoms with van der Waals surface area (Å²) in [6, 6.07) is 8.28. The van der Waals surface area contributed by atoms with E-state index in [1.165, 1.54) is 17.2 Å². The third kappa shape index (κ3) is 3.64. The number of hydrogen-bond donors (Lipinski definition) is 1. The van der Waals surface area contributed by atoms with E-state index in [1.54, 1.807) is 24.3 Å². The molecule has 1 aromatic heterocycles. The van der Waals surface area contributed by atoms with E-state index in [0.717, 1.165) is 5.56 Å². The molecule has 0 atom stereocenters. The Morgan fingerprint density at radius 2 is 2.10 bits per heavy atom. The number of nitrogens with zero attached hydrogens (tertiary/aromatic N) is 1. The molecule has 1 heterocycles. The molecular formula is C15H14ClNO4. The molecule has 5 nitrogen and oxygen atoms in total. The van der Waals surface area contributed by atoms with E-state index in [4.69, 9.17) is 21.1 Å². The van der Waals surface area contributed by atoms with E-state index >= 15 is 0 Å². The van der Waals surface area contributed by atoms with Gasteiger partial charge in [-0.2, -0.15) is 0 Å². The largest absolute Gasteiger partial charge is 0.481 e. The summed E-state index contributed by atoms with van der Waals surface area (Å²) in [5.41, 5.74) is 1.41. The van der Waals surface area contributed by atoms with E-state index in [1.807, 2.05) is 6.92 Å². The molecule has 2 rings (SSSR count). The SMILES string of the molecule is Cc1ccc(N(CCC(=O)O)C(=O)c2ccco2)cc1Cl. The average molecular weight is 308 g/mol. The highest BCUT2D eigenvalue weighted by Crippen LogP contribution is 2.24. The van der Waals surface area contributed by atoms with Crippen LogP contribution in [0.25, 0.3) is 0 Å². The highest BCUT2D eigenvalue weighted by molar-refractivity contribution is 6.31. The highest BCUT2D eigenvalue weighted by atomic mass is 35.5.